The molecule has 0 saturated carbocycles. The topological polar surface area (TPSA) is 38.3 Å². The summed E-state index contributed by atoms with van der Waals surface area (Å²) in [7, 11) is 1.42. The van der Waals surface area contributed by atoms with Crippen LogP contribution >= 0.6 is 11.6 Å². The number of nitrogens with one attached hydrogen (secondary N) is 1. The first-order valence-corrected chi connectivity index (χ1v) is 5.10. The fraction of sp³-hybridized carbons (Fsp3) is 0.364. The number of alkyl halides is 1. The van der Waals surface area contributed by atoms with E-state index in [1.807, 2.05) is 18.2 Å². The van der Waals surface area contributed by atoms with E-state index in [1.54, 1.807) is 19.1 Å². The van der Waals surface area contributed by atoms with Crippen LogP contribution in [0.1, 0.15) is 13.3 Å². The molecule has 0 aliphatic carbocycles. The number of anilines is 1. The number of methoxy groups -OCH3 is 1. The summed E-state index contributed by atoms with van der Waals surface area (Å²) in [6, 6.07) is 9.13. The van der Waals surface area contributed by atoms with E-state index < -0.39 is 5.06 Å². The van der Waals surface area contributed by atoms with Crippen molar-refractivity contribution in [3.63, 3.8) is 0 Å². The van der Waals surface area contributed by atoms with E-state index in [-0.39, 0.29) is 5.91 Å². The number of hydrogen-bond donors (Lipinski definition) is 1. The average molecular weight is 228 g/mol. The number of benzene rings is 1. The van der Waals surface area contributed by atoms with Crippen LogP contribution in [0.5, 0.6) is 0 Å². The number of para-hydroxylation sites is 1. The van der Waals surface area contributed by atoms with Crippen LogP contribution in [0.15, 0.2) is 30.3 Å². The van der Waals surface area contributed by atoms with E-state index in [2.05, 4.69) is 5.32 Å². The fourth-order valence-electron chi connectivity index (χ4n) is 1.14. The van der Waals surface area contributed by atoms with Gasteiger partial charge in [-0.05, 0) is 18.6 Å². The Morgan fingerprint density at radius 3 is 2.53 bits per heavy atom. The molecule has 0 saturated heterocycles. The highest BCUT2D eigenvalue weighted by molar-refractivity contribution is 6.35. The fourth-order valence-corrected chi connectivity index (χ4v) is 1.19. The van der Waals surface area contributed by atoms with Crippen LogP contribution in [0.3, 0.4) is 0 Å². The second kappa shape index (κ2) is 5.14. The molecule has 15 heavy (non-hydrogen) atoms. The lowest BCUT2D eigenvalue weighted by atomic mass is 10.2. The maximum Gasteiger partial charge on any atom is 0.272 e. The van der Waals surface area contributed by atoms with Gasteiger partial charge in [-0.1, -0.05) is 36.7 Å². The smallest absolute Gasteiger partial charge is 0.272 e. The molecule has 0 radical (unpaired) electrons. The Labute approximate surface area is 94.4 Å². The maximum atomic E-state index is 11.7. The zero-order valence-corrected chi connectivity index (χ0v) is 9.54. The van der Waals surface area contributed by atoms with Gasteiger partial charge in [-0.15, -0.1) is 0 Å². The highest BCUT2D eigenvalue weighted by atomic mass is 35.5. The minimum Gasteiger partial charge on any atom is -0.355 e. The molecule has 1 N–H and O–H groups in total. The molecule has 0 aromatic heterocycles. The molecule has 0 bridgehead atoms. The van der Waals surface area contributed by atoms with Crippen molar-refractivity contribution in [3.8, 4) is 0 Å². The van der Waals surface area contributed by atoms with E-state index in [0.29, 0.717) is 12.1 Å². The van der Waals surface area contributed by atoms with Crippen molar-refractivity contribution in [2.24, 2.45) is 0 Å². The first-order chi connectivity index (χ1) is 7.12. The molecule has 1 atom stereocenters. The second-order valence-corrected chi connectivity index (χ2v) is 3.72. The zero-order chi connectivity index (χ0) is 11.3. The van der Waals surface area contributed by atoms with Crippen molar-refractivity contribution in [2.75, 3.05) is 12.4 Å². The van der Waals surface area contributed by atoms with Gasteiger partial charge in [0.15, 0.2) is 0 Å². The Morgan fingerprint density at radius 1 is 1.47 bits per heavy atom. The van der Waals surface area contributed by atoms with Gasteiger partial charge >= 0.3 is 0 Å². The summed E-state index contributed by atoms with van der Waals surface area (Å²) in [5, 5.41) is 1.41. The van der Waals surface area contributed by atoms with Crippen molar-refractivity contribution >= 4 is 23.2 Å². The van der Waals surface area contributed by atoms with Crippen LogP contribution in [0.25, 0.3) is 0 Å². The highest BCUT2D eigenvalue weighted by Gasteiger charge is 2.34. The van der Waals surface area contributed by atoms with Crippen LogP contribution in [-0.4, -0.2) is 18.1 Å². The summed E-state index contributed by atoms with van der Waals surface area (Å²) in [4.78, 5) is 11.7. The van der Waals surface area contributed by atoms with Crippen molar-refractivity contribution in [1.82, 2.24) is 0 Å². The van der Waals surface area contributed by atoms with E-state index >= 15 is 0 Å². The Bertz CT molecular complexity index is 323. The highest BCUT2D eigenvalue weighted by Crippen LogP contribution is 2.22. The van der Waals surface area contributed by atoms with Crippen molar-refractivity contribution < 1.29 is 9.53 Å². The zero-order valence-electron chi connectivity index (χ0n) is 8.79. The number of hydrogen-bond acceptors (Lipinski definition) is 2. The third-order valence-electron chi connectivity index (χ3n) is 2.15. The van der Waals surface area contributed by atoms with Gasteiger partial charge in [0.1, 0.15) is 0 Å². The minimum atomic E-state index is -1.28. The molecule has 1 aromatic rings. The maximum absolute atomic E-state index is 11.7. The molecular weight excluding hydrogens is 214 g/mol. The van der Waals surface area contributed by atoms with E-state index in [4.69, 9.17) is 16.3 Å². The van der Waals surface area contributed by atoms with Crippen molar-refractivity contribution in [1.29, 1.82) is 0 Å². The molecule has 0 aliphatic heterocycles. The second-order valence-electron chi connectivity index (χ2n) is 3.11. The van der Waals surface area contributed by atoms with E-state index in [1.165, 1.54) is 7.11 Å². The van der Waals surface area contributed by atoms with Crippen LogP contribution in [0.4, 0.5) is 5.69 Å². The number of carbonyl (C=O) groups is 1. The van der Waals surface area contributed by atoms with Gasteiger partial charge in [0.2, 0.25) is 5.06 Å². The van der Waals surface area contributed by atoms with Gasteiger partial charge in [-0.2, -0.15) is 0 Å². The van der Waals surface area contributed by atoms with Gasteiger partial charge in [0.05, 0.1) is 0 Å². The summed E-state index contributed by atoms with van der Waals surface area (Å²) in [5.74, 6) is -0.347. The third kappa shape index (κ3) is 2.94. The molecule has 0 spiro atoms. The van der Waals surface area contributed by atoms with Gasteiger partial charge in [0.25, 0.3) is 5.91 Å². The Morgan fingerprint density at radius 2 is 2.07 bits per heavy atom. The lowest BCUT2D eigenvalue weighted by Gasteiger charge is -2.22. The predicted octanol–water partition coefficient (Wildman–Crippen LogP) is 2.62. The molecule has 82 valence electrons. The summed E-state index contributed by atoms with van der Waals surface area (Å²) < 4.78 is 4.97. The number of amides is 1. The monoisotopic (exact) mass is 227 g/mol. The third-order valence-corrected chi connectivity index (χ3v) is 2.74. The molecular formula is C11H14ClNO2. The van der Waals surface area contributed by atoms with E-state index in [0.717, 1.165) is 0 Å². The number of ether oxygens (including phenoxy) is 1. The standard InChI is InChI=1S/C11H14ClNO2/c1-3-11(12,15-2)10(14)13-9-7-5-4-6-8-9/h4-8H,3H2,1-2H3,(H,13,14). The molecule has 1 unspecified atom stereocenters. The van der Waals surface area contributed by atoms with E-state index in [9.17, 15) is 4.79 Å². The summed E-state index contributed by atoms with van der Waals surface area (Å²) in [6.45, 7) is 1.79. The molecule has 1 rings (SSSR count). The minimum absolute atomic E-state index is 0.347. The number of carbonyl (C=O) groups excluding carboxylic acids is 1. The molecule has 3 nitrogen and oxygen atoms in total. The van der Waals surface area contributed by atoms with Crippen LogP contribution in [0.2, 0.25) is 0 Å². The first-order valence-electron chi connectivity index (χ1n) is 4.73. The Kier molecular flexibility index (Phi) is 4.12. The lowest BCUT2D eigenvalue weighted by molar-refractivity contribution is -0.129. The predicted molar refractivity (Wildman–Crippen MR) is 61.0 cm³/mol. The lowest BCUT2D eigenvalue weighted by Crippen LogP contribution is -2.38. The first kappa shape index (κ1) is 12.0. The summed E-state index contributed by atoms with van der Waals surface area (Å²) in [6.07, 6.45) is 0.406. The molecule has 1 aromatic carbocycles. The van der Waals surface area contributed by atoms with Crippen molar-refractivity contribution in [3.05, 3.63) is 30.3 Å². The average Bonchev–Trinajstić information content (AvgIpc) is 2.29. The SMILES string of the molecule is CCC(Cl)(OC)C(=O)Nc1ccccc1. The number of rotatable bonds is 4. The molecule has 0 aliphatic rings. The summed E-state index contributed by atoms with van der Waals surface area (Å²) >= 11 is 5.97. The van der Waals surface area contributed by atoms with Gasteiger partial charge in [0, 0.05) is 12.8 Å². The van der Waals surface area contributed by atoms with Crippen LogP contribution < -0.4 is 5.32 Å². The largest absolute Gasteiger partial charge is 0.355 e. The van der Waals surface area contributed by atoms with Gasteiger partial charge in [-0.25, -0.2) is 0 Å². The van der Waals surface area contributed by atoms with Gasteiger partial charge < -0.3 is 10.1 Å². The molecule has 0 heterocycles. The van der Waals surface area contributed by atoms with Crippen LogP contribution in [0, 0.1) is 0 Å². The summed E-state index contributed by atoms with van der Waals surface area (Å²) in [5.41, 5.74) is 0.707. The molecule has 0 fully saturated rings. The normalized spacial score (nSPS) is 14.3. The molecule has 1 amide bonds. The molecule has 4 heteroatoms. The van der Waals surface area contributed by atoms with Gasteiger partial charge in [-0.3, -0.25) is 4.79 Å². The Hall–Kier alpha value is -1.06. The number of halogens is 1. The van der Waals surface area contributed by atoms with Crippen molar-refractivity contribution in [2.45, 2.75) is 18.4 Å². The quantitative estimate of drug-likeness (QED) is 0.803. The van der Waals surface area contributed by atoms with Crippen LogP contribution in [-0.2, 0) is 9.53 Å². The Balaban J connectivity index is 2.71.